The van der Waals surface area contributed by atoms with Crippen LogP contribution in [-0.4, -0.2) is 47.0 Å². The van der Waals surface area contributed by atoms with Crippen molar-refractivity contribution in [3.05, 3.63) is 104 Å². The second kappa shape index (κ2) is 12.5. The fourth-order valence-corrected chi connectivity index (χ4v) is 6.21. The van der Waals surface area contributed by atoms with Crippen LogP contribution in [-0.2, 0) is 30.7 Å². The number of urea groups is 1. The maximum Gasteiger partial charge on any atom is 0.328 e. The van der Waals surface area contributed by atoms with Gasteiger partial charge in [-0.25, -0.2) is 14.0 Å². The van der Waals surface area contributed by atoms with E-state index in [1.807, 2.05) is 24.3 Å². The average molecular weight is 599 g/mol. The molecule has 0 saturated carbocycles. The summed E-state index contributed by atoms with van der Waals surface area (Å²) in [5.41, 5.74) is 4.83. The molecule has 1 unspecified atom stereocenters. The van der Waals surface area contributed by atoms with Gasteiger partial charge in [-0.05, 0) is 65.3 Å². The Balaban J connectivity index is 1.21. The summed E-state index contributed by atoms with van der Waals surface area (Å²) in [6.45, 7) is 1.48. The van der Waals surface area contributed by atoms with E-state index in [2.05, 4.69) is 20.9 Å². The quantitative estimate of drug-likeness (QED) is 0.296. The lowest BCUT2D eigenvalue weighted by Crippen LogP contribution is -2.50. The normalized spacial score (nSPS) is 16.8. The third-order valence-corrected chi connectivity index (χ3v) is 8.25. The standard InChI is InChI=1S/C30H29Cl2FN4O4/c31-23-13-19-16-37(15-17-5-8-20(33)9-6-17)12-11-22(19)27(32)26(23)28(38)35-25(29(39)40)14-34-30(41)36-24-10-7-18-3-1-2-4-21(18)24/h1-6,8-9,13,24-25H,7,10-12,14-16H2,(H,35,38)(H,39,40)(H2,34,36,41)/t24-,25?/m1/s1. The monoisotopic (exact) mass is 598 g/mol. The Kier molecular flexibility index (Phi) is 8.77. The van der Waals surface area contributed by atoms with E-state index >= 15 is 0 Å². The smallest absolute Gasteiger partial charge is 0.328 e. The van der Waals surface area contributed by atoms with Gasteiger partial charge in [0, 0.05) is 19.6 Å². The number of carboxylic acid groups (broad SMARTS) is 1. The highest BCUT2D eigenvalue weighted by Gasteiger charge is 2.29. The van der Waals surface area contributed by atoms with E-state index in [1.54, 1.807) is 18.2 Å². The lowest BCUT2D eigenvalue weighted by Gasteiger charge is -2.30. The van der Waals surface area contributed by atoms with Crippen LogP contribution in [0, 0.1) is 5.82 Å². The number of benzene rings is 3. The van der Waals surface area contributed by atoms with Gasteiger partial charge in [-0.1, -0.05) is 59.6 Å². The molecule has 41 heavy (non-hydrogen) atoms. The molecule has 2 aliphatic rings. The van der Waals surface area contributed by atoms with Crippen molar-refractivity contribution >= 4 is 41.1 Å². The number of aliphatic carboxylic acids is 1. The highest BCUT2D eigenvalue weighted by atomic mass is 35.5. The minimum atomic E-state index is -1.40. The molecule has 1 aliphatic carbocycles. The first kappa shape index (κ1) is 28.9. The summed E-state index contributed by atoms with van der Waals surface area (Å²) < 4.78 is 13.2. The summed E-state index contributed by atoms with van der Waals surface area (Å²) in [7, 11) is 0. The number of rotatable bonds is 8. The maximum atomic E-state index is 13.2. The van der Waals surface area contributed by atoms with Crippen molar-refractivity contribution in [3.8, 4) is 0 Å². The molecule has 0 aromatic heterocycles. The number of halogens is 3. The molecule has 214 valence electrons. The van der Waals surface area contributed by atoms with Crippen LogP contribution in [0.5, 0.6) is 0 Å². The molecule has 3 aromatic rings. The van der Waals surface area contributed by atoms with Crippen molar-refractivity contribution in [2.75, 3.05) is 13.1 Å². The first-order valence-electron chi connectivity index (χ1n) is 13.3. The van der Waals surface area contributed by atoms with Gasteiger partial charge in [-0.3, -0.25) is 9.69 Å². The van der Waals surface area contributed by atoms with E-state index < -0.39 is 23.9 Å². The predicted octanol–water partition coefficient (Wildman–Crippen LogP) is 4.86. The van der Waals surface area contributed by atoms with Gasteiger partial charge in [0.05, 0.1) is 28.2 Å². The van der Waals surface area contributed by atoms with Crippen LogP contribution in [0.3, 0.4) is 0 Å². The van der Waals surface area contributed by atoms with Crippen molar-refractivity contribution in [2.45, 2.75) is 44.4 Å². The van der Waals surface area contributed by atoms with E-state index in [1.165, 1.54) is 17.7 Å². The van der Waals surface area contributed by atoms with Crippen LogP contribution < -0.4 is 16.0 Å². The summed E-state index contributed by atoms with van der Waals surface area (Å²) in [5, 5.41) is 17.9. The van der Waals surface area contributed by atoms with Crippen LogP contribution in [0.25, 0.3) is 0 Å². The van der Waals surface area contributed by atoms with E-state index in [0.29, 0.717) is 26.1 Å². The Hall–Kier alpha value is -3.66. The second-order valence-electron chi connectivity index (χ2n) is 10.3. The van der Waals surface area contributed by atoms with Crippen LogP contribution in [0.15, 0.2) is 54.6 Å². The number of aryl methyl sites for hydroxylation is 1. The number of carbonyl (C=O) groups excluding carboxylic acids is 2. The lowest BCUT2D eigenvalue weighted by molar-refractivity contribution is -0.139. The van der Waals surface area contributed by atoms with Gasteiger partial charge in [0.25, 0.3) is 5.91 Å². The first-order chi connectivity index (χ1) is 19.7. The highest BCUT2D eigenvalue weighted by Crippen LogP contribution is 2.35. The predicted molar refractivity (Wildman–Crippen MR) is 154 cm³/mol. The molecule has 0 bridgehead atoms. The zero-order chi connectivity index (χ0) is 29.1. The minimum absolute atomic E-state index is 0.00247. The molecule has 0 spiro atoms. The maximum absolute atomic E-state index is 13.2. The molecule has 1 aliphatic heterocycles. The second-order valence-corrected chi connectivity index (χ2v) is 11.1. The fourth-order valence-electron chi connectivity index (χ4n) is 5.44. The number of hydrogen-bond donors (Lipinski definition) is 4. The largest absolute Gasteiger partial charge is 0.480 e. The molecule has 0 radical (unpaired) electrons. The minimum Gasteiger partial charge on any atom is -0.480 e. The Labute approximate surface area is 246 Å². The summed E-state index contributed by atoms with van der Waals surface area (Å²) in [4.78, 5) is 39.8. The van der Waals surface area contributed by atoms with Crippen molar-refractivity contribution in [2.24, 2.45) is 0 Å². The zero-order valence-electron chi connectivity index (χ0n) is 22.1. The van der Waals surface area contributed by atoms with Crippen LogP contribution in [0.4, 0.5) is 9.18 Å². The molecule has 8 nitrogen and oxygen atoms in total. The van der Waals surface area contributed by atoms with Crippen LogP contribution in [0.2, 0.25) is 10.0 Å². The molecule has 3 amide bonds. The van der Waals surface area contributed by atoms with Crippen LogP contribution in [0.1, 0.15) is 50.6 Å². The van der Waals surface area contributed by atoms with Crippen molar-refractivity contribution < 1.29 is 23.9 Å². The molecule has 2 atom stereocenters. The molecule has 5 rings (SSSR count). The van der Waals surface area contributed by atoms with Gasteiger partial charge >= 0.3 is 12.0 Å². The van der Waals surface area contributed by atoms with E-state index in [9.17, 15) is 23.9 Å². The number of carbonyl (C=O) groups is 3. The molecular weight excluding hydrogens is 570 g/mol. The Morgan fingerprint density at radius 1 is 1.05 bits per heavy atom. The number of amides is 3. The number of carboxylic acids is 1. The summed E-state index contributed by atoms with van der Waals surface area (Å²) in [6, 6.07) is 13.8. The molecular formula is C30H29Cl2FN4O4. The van der Waals surface area contributed by atoms with Gasteiger partial charge in [0.1, 0.15) is 11.9 Å². The summed E-state index contributed by atoms with van der Waals surface area (Å²) in [5.74, 6) is -2.34. The van der Waals surface area contributed by atoms with Gasteiger partial charge in [0.2, 0.25) is 0 Å². The summed E-state index contributed by atoms with van der Waals surface area (Å²) in [6.07, 6.45) is 2.16. The Morgan fingerprint density at radius 2 is 1.80 bits per heavy atom. The van der Waals surface area contributed by atoms with Gasteiger partial charge in [-0.15, -0.1) is 0 Å². The average Bonchev–Trinajstić information content (AvgIpc) is 3.34. The third-order valence-electron chi connectivity index (χ3n) is 7.54. The zero-order valence-corrected chi connectivity index (χ0v) is 23.6. The van der Waals surface area contributed by atoms with Gasteiger partial charge < -0.3 is 21.1 Å². The molecule has 0 fully saturated rings. The Bertz CT molecular complexity index is 1480. The van der Waals surface area contributed by atoms with Gasteiger partial charge in [-0.2, -0.15) is 0 Å². The van der Waals surface area contributed by atoms with E-state index in [-0.39, 0.29) is 34.0 Å². The van der Waals surface area contributed by atoms with E-state index in [0.717, 1.165) is 35.1 Å². The van der Waals surface area contributed by atoms with Crippen molar-refractivity contribution in [1.82, 2.24) is 20.9 Å². The van der Waals surface area contributed by atoms with E-state index in [4.69, 9.17) is 23.2 Å². The Morgan fingerprint density at radius 3 is 2.56 bits per heavy atom. The fraction of sp³-hybridized carbons (Fsp3) is 0.300. The molecule has 0 saturated heterocycles. The number of fused-ring (bicyclic) bond motifs is 2. The molecule has 4 N–H and O–H groups in total. The molecule has 1 heterocycles. The van der Waals surface area contributed by atoms with Crippen molar-refractivity contribution in [1.29, 1.82) is 0 Å². The molecule has 11 heteroatoms. The highest BCUT2D eigenvalue weighted by molar-refractivity contribution is 6.40. The topological polar surface area (TPSA) is 111 Å². The number of nitrogens with one attached hydrogen (secondary N) is 3. The lowest BCUT2D eigenvalue weighted by atomic mass is 9.96. The van der Waals surface area contributed by atoms with Crippen LogP contribution >= 0.6 is 23.2 Å². The number of hydrogen-bond acceptors (Lipinski definition) is 4. The SMILES string of the molecule is O=C(NCC(NC(=O)c1c(Cl)cc2c(c1Cl)CCN(Cc1ccc(F)cc1)C2)C(=O)O)N[C@@H]1CCc2ccccc21. The number of nitrogens with zero attached hydrogens (tertiary/aromatic N) is 1. The summed E-state index contributed by atoms with van der Waals surface area (Å²) >= 11 is 13.1. The molecule has 3 aromatic carbocycles. The third kappa shape index (κ3) is 6.64. The van der Waals surface area contributed by atoms with Crippen molar-refractivity contribution in [3.63, 3.8) is 0 Å². The first-order valence-corrected chi connectivity index (χ1v) is 14.1. The van der Waals surface area contributed by atoms with Gasteiger partial charge in [0.15, 0.2) is 0 Å².